The number of aromatic nitrogens is 1. The first-order chi connectivity index (χ1) is 12.6. The quantitative estimate of drug-likeness (QED) is 0.468. The van der Waals surface area contributed by atoms with Gasteiger partial charge < -0.3 is 9.73 Å². The largest absolute Gasteiger partial charge is 0.451 e. The summed E-state index contributed by atoms with van der Waals surface area (Å²) in [4.78, 5) is 16.9. The van der Waals surface area contributed by atoms with Gasteiger partial charge in [0.15, 0.2) is 5.76 Å². The number of nitrogens with one attached hydrogen (secondary N) is 1. The molecule has 26 heavy (non-hydrogen) atoms. The lowest BCUT2D eigenvalue weighted by Crippen LogP contribution is -2.11. The average molecular weight is 383 g/mol. The predicted molar refractivity (Wildman–Crippen MR) is 104 cm³/mol. The highest BCUT2D eigenvalue weighted by atomic mass is 35.5. The Labute approximate surface area is 159 Å². The van der Waals surface area contributed by atoms with Gasteiger partial charge in [0.25, 0.3) is 5.91 Å². The van der Waals surface area contributed by atoms with E-state index in [0.29, 0.717) is 27.1 Å². The molecule has 4 nitrogen and oxygen atoms in total. The predicted octanol–water partition coefficient (Wildman–Crippen LogP) is 6.05. The average Bonchev–Trinajstić information content (AvgIpc) is 3.14. The SMILES string of the molecule is O=C(Nc1cccc2ncccc12)c1ccc(-c2cc(Cl)ccc2Cl)o1. The summed E-state index contributed by atoms with van der Waals surface area (Å²) in [7, 11) is 0. The van der Waals surface area contributed by atoms with Crippen LogP contribution in [0.3, 0.4) is 0 Å². The van der Waals surface area contributed by atoms with Crippen LogP contribution in [0.2, 0.25) is 10.0 Å². The van der Waals surface area contributed by atoms with Gasteiger partial charge in [-0.3, -0.25) is 9.78 Å². The molecule has 4 aromatic rings. The number of amides is 1. The lowest BCUT2D eigenvalue weighted by Gasteiger charge is -2.07. The molecule has 0 saturated carbocycles. The second kappa shape index (κ2) is 6.83. The highest BCUT2D eigenvalue weighted by molar-refractivity contribution is 6.35. The maximum atomic E-state index is 12.6. The fraction of sp³-hybridized carbons (Fsp3) is 0. The van der Waals surface area contributed by atoms with E-state index in [0.717, 1.165) is 10.9 Å². The molecule has 2 heterocycles. The van der Waals surface area contributed by atoms with Crippen LogP contribution in [0.1, 0.15) is 10.6 Å². The first-order valence-corrected chi connectivity index (χ1v) is 8.58. The summed E-state index contributed by atoms with van der Waals surface area (Å²) >= 11 is 12.2. The molecule has 1 amide bonds. The van der Waals surface area contributed by atoms with Crippen LogP contribution in [-0.2, 0) is 0 Å². The number of fused-ring (bicyclic) bond motifs is 1. The van der Waals surface area contributed by atoms with Crippen molar-refractivity contribution in [2.75, 3.05) is 5.32 Å². The zero-order chi connectivity index (χ0) is 18.1. The number of rotatable bonds is 3. The minimum absolute atomic E-state index is 0.178. The monoisotopic (exact) mass is 382 g/mol. The topological polar surface area (TPSA) is 55.1 Å². The van der Waals surface area contributed by atoms with Crippen molar-refractivity contribution in [1.29, 1.82) is 0 Å². The highest BCUT2D eigenvalue weighted by Gasteiger charge is 2.15. The summed E-state index contributed by atoms with van der Waals surface area (Å²) in [6.45, 7) is 0. The van der Waals surface area contributed by atoms with Crippen molar-refractivity contribution in [3.63, 3.8) is 0 Å². The van der Waals surface area contributed by atoms with E-state index < -0.39 is 0 Å². The van der Waals surface area contributed by atoms with Gasteiger partial charge in [0.2, 0.25) is 0 Å². The van der Waals surface area contributed by atoms with E-state index in [1.165, 1.54) is 0 Å². The lowest BCUT2D eigenvalue weighted by atomic mass is 10.2. The van der Waals surface area contributed by atoms with Crippen molar-refractivity contribution in [2.24, 2.45) is 0 Å². The maximum Gasteiger partial charge on any atom is 0.291 e. The normalized spacial score (nSPS) is 10.8. The molecule has 2 aromatic heterocycles. The number of hydrogen-bond acceptors (Lipinski definition) is 3. The zero-order valence-corrected chi connectivity index (χ0v) is 14.9. The van der Waals surface area contributed by atoms with Gasteiger partial charge in [-0.2, -0.15) is 0 Å². The molecule has 6 heteroatoms. The van der Waals surface area contributed by atoms with Crippen LogP contribution < -0.4 is 5.32 Å². The van der Waals surface area contributed by atoms with Crippen LogP contribution >= 0.6 is 23.2 Å². The zero-order valence-electron chi connectivity index (χ0n) is 13.4. The molecule has 0 bridgehead atoms. The number of hydrogen-bond donors (Lipinski definition) is 1. The molecule has 0 spiro atoms. The van der Waals surface area contributed by atoms with E-state index in [-0.39, 0.29) is 11.7 Å². The third-order valence-electron chi connectivity index (χ3n) is 3.92. The van der Waals surface area contributed by atoms with Crippen LogP contribution in [0.25, 0.3) is 22.2 Å². The van der Waals surface area contributed by atoms with Crippen molar-refractivity contribution < 1.29 is 9.21 Å². The molecule has 0 fully saturated rings. The van der Waals surface area contributed by atoms with Crippen molar-refractivity contribution in [2.45, 2.75) is 0 Å². The summed E-state index contributed by atoms with van der Waals surface area (Å²) in [6, 6.07) is 17.6. The Morgan fingerprint density at radius 1 is 1.00 bits per heavy atom. The molecule has 0 aliphatic rings. The Hall–Kier alpha value is -2.82. The van der Waals surface area contributed by atoms with Crippen molar-refractivity contribution in [1.82, 2.24) is 4.98 Å². The number of carbonyl (C=O) groups excluding carboxylic acids is 1. The molecule has 0 saturated heterocycles. The molecular weight excluding hydrogens is 371 g/mol. The fourth-order valence-corrected chi connectivity index (χ4v) is 3.07. The van der Waals surface area contributed by atoms with Crippen LogP contribution in [-0.4, -0.2) is 10.9 Å². The smallest absolute Gasteiger partial charge is 0.291 e. The van der Waals surface area contributed by atoms with E-state index >= 15 is 0 Å². The Bertz CT molecular complexity index is 1120. The third-order valence-corrected chi connectivity index (χ3v) is 4.48. The summed E-state index contributed by atoms with van der Waals surface area (Å²) in [5.74, 6) is 0.296. The summed E-state index contributed by atoms with van der Waals surface area (Å²) in [5.41, 5.74) is 2.10. The van der Waals surface area contributed by atoms with Gasteiger partial charge in [-0.1, -0.05) is 29.3 Å². The Morgan fingerprint density at radius 3 is 2.77 bits per heavy atom. The summed E-state index contributed by atoms with van der Waals surface area (Å²) < 4.78 is 5.68. The number of pyridine rings is 1. The van der Waals surface area contributed by atoms with Crippen LogP contribution in [0, 0.1) is 0 Å². The number of furan rings is 1. The number of halogens is 2. The van der Waals surface area contributed by atoms with Gasteiger partial charge in [-0.15, -0.1) is 0 Å². The summed E-state index contributed by atoms with van der Waals surface area (Å²) in [6.07, 6.45) is 1.71. The lowest BCUT2D eigenvalue weighted by molar-refractivity contribution is 0.0997. The fourth-order valence-electron chi connectivity index (χ4n) is 2.69. The molecule has 128 valence electrons. The first kappa shape index (κ1) is 16.6. The molecule has 0 radical (unpaired) electrons. The Balaban J connectivity index is 1.63. The number of benzene rings is 2. The highest BCUT2D eigenvalue weighted by Crippen LogP contribution is 2.32. The second-order valence-electron chi connectivity index (χ2n) is 5.62. The molecule has 0 aliphatic carbocycles. The molecule has 4 rings (SSSR count). The molecule has 1 N–H and O–H groups in total. The minimum atomic E-state index is -0.356. The molecule has 0 aliphatic heterocycles. The van der Waals surface area contributed by atoms with Gasteiger partial charge in [0.05, 0.1) is 16.2 Å². The Morgan fingerprint density at radius 2 is 1.88 bits per heavy atom. The van der Waals surface area contributed by atoms with E-state index in [9.17, 15) is 4.79 Å². The first-order valence-electron chi connectivity index (χ1n) is 7.82. The number of carbonyl (C=O) groups is 1. The minimum Gasteiger partial charge on any atom is -0.451 e. The van der Waals surface area contributed by atoms with Crippen molar-refractivity contribution in [3.8, 4) is 11.3 Å². The summed E-state index contributed by atoms with van der Waals surface area (Å²) in [5, 5.41) is 4.75. The van der Waals surface area contributed by atoms with Gasteiger partial charge in [-0.05, 0) is 54.6 Å². The van der Waals surface area contributed by atoms with Crippen LogP contribution in [0.4, 0.5) is 5.69 Å². The van der Waals surface area contributed by atoms with Gasteiger partial charge in [0, 0.05) is 22.2 Å². The van der Waals surface area contributed by atoms with Gasteiger partial charge in [-0.25, -0.2) is 0 Å². The van der Waals surface area contributed by atoms with E-state index in [4.69, 9.17) is 27.6 Å². The maximum absolute atomic E-state index is 12.6. The van der Waals surface area contributed by atoms with E-state index in [2.05, 4.69) is 10.3 Å². The number of anilines is 1. The second-order valence-corrected chi connectivity index (χ2v) is 6.46. The van der Waals surface area contributed by atoms with Gasteiger partial charge in [0.1, 0.15) is 5.76 Å². The standard InChI is InChI=1S/C20H12Cl2N2O2/c21-12-6-7-15(22)14(11-12)18-8-9-19(26-18)20(25)24-17-5-1-4-16-13(17)3-2-10-23-16/h1-11H,(H,24,25). The molecule has 0 atom stereocenters. The Kier molecular flexibility index (Phi) is 4.37. The number of nitrogens with zero attached hydrogens (tertiary/aromatic N) is 1. The van der Waals surface area contributed by atoms with Crippen molar-refractivity contribution in [3.05, 3.63) is 82.7 Å². The van der Waals surface area contributed by atoms with Crippen LogP contribution in [0.5, 0.6) is 0 Å². The molecule has 0 unspecified atom stereocenters. The molecule has 2 aromatic carbocycles. The van der Waals surface area contributed by atoms with E-state index in [1.807, 2.05) is 30.3 Å². The van der Waals surface area contributed by atoms with E-state index in [1.54, 1.807) is 36.5 Å². The van der Waals surface area contributed by atoms with Crippen LogP contribution in [0.15, 0.2) is 71.3 Å². The van der Waals surface area contributed by atoms with Crippen molar-refractivity contribution >= 4 is 45.7 Å². The van der Waals surface area contributed by atoms with Gasteiger partial charge >= 0.3 is 0 Å². The third kappa shape index (κ3) is 3.17. The molecular formula is C20H12Cl2N2O2.